The molecule has 0 atom stereocenters. The van der Waals surface area contributed by atoms with Crippen molar-refractivity contribution < 1.29 is 4.79 Å². The van der Waals surface area contributed by atoms with Crippen LogP contribution in [0.4, 0.5) is 5.69 Å². The first-order valence-electron chi connectivity index (χ1n) is 4.28. The average Bonchev–Trinajstić information content (AvgIpc) is 2.32. The molecule has 0 unspecified atom stereocenters. The predicted octanol–water partition coefficient (Wildman–Crippen LogP) is 2.15. The number of rotatable bonds is 0. The quantitative estimate of drug-likeness (QED) is 0.747. The Morgan fingerprint density at radius 3 is 3.00 bits per heavy atom. The van der Waals surface area contributed by atoms with Gasteiger partial charge in [-0.15, -0.1) is 0 Å². The second-order valence-corrected chi connectivity index (χ2v) is 4.24. The van der Waals surface area contributed by atoms with Crippen LogP contribution in [0.15, 0.2) is 28.3 Å². The van der Waals surface area contributed by atoms with Gasteiger partial charge < -0.3 is 5.32 Å². The first-order valence-corrected chi connectivity index (χ1v) is 5.36. The molecular weight excluding hydrogens is 305 g/mol. The van der Waals surface area contributed by atoms with Crippen LogP contribution in [0, 0.1) is 0 Å². The minimum absolute atomic E-state index is 0.130. The number of carbonyl (C=O) groups excluding carboxylic acids is 1. The first kappa shape index (κ1) is 10.3. The average molecular weight is 313 g/mol. The fraction of sp³-hybridized carbons (Fsp3) is 0.100. The third-order valence-electron chi connectivity index (χ3n) is 2.18. The molecule has 5 heteroatoms. The van der Waals surface area contributed by atoms with E-state index in [2.05, 4.69) is 44.5 Å². The summed E-state index contributed by atoms with van der Waals surface area (Å²) in [6.45, 7) is 5.70. The Labute approximate surface area is 101 Å². The fourth-order valence-electron chi connectivity index (χ4n) is 1.31. The monoisotopic (exact) mass is 313 g/mol. The van der Waals surface area contributed by atoms with Gasteiger partial charge in [0.1, 0.15) is 6.33 Å². The summed E-state index contributed by atoms with van der Waals surface area (Å²) in [4.78, 5) is 19.6. The molecule has 0 aliphatic carbocycles. The highest BCUT2D eigenvalue weighted by Crippen LogP contribution is 2.34. The number of allylic oxidation sites excluding steroid dienone is 2. The van der Waals surface area contributed by atoms with Gasteiger partial charge >= 0.3 is 0 Å². The predicted molar refractivity (Wildman–Crippen MR) is 66.4 cm³/mol. The zero-order valence-corrected chi connectivity index (χ0v) is 10.2. The van der Waals surface area contributed by atoms with Gasteiger partial charge in [-0.1, -0.05) is 6.58 Å². The molecule has 0 saturated carbocycles. The van der Waals surface area contributed by atoms with Crippen molar-refractivity contribution in [3.8, 4) is 0 Å². The standard InChI is InChI=1S/C10H8IN3O/c1-5-8(11)6(2)10(15)14-7-3-12-4-13-9(5)7/h3-4H,1H2,2H3,(H,14,15). The number of halogens is 1. The molecule has 1 aliphatic rings. The molecule has 76 valence electrons. The van der Waals surface area contributed by atoms with E-state index >= 15 is 0 Å². The van der Waals surface area contributed by atoms with Crippen molar-refractivity contribution in [2.24, 2.45) is 0 Å². The van der Waals surface area contributed by atoms with Crippen LogP contribution in [0.5, 0.6) is 0 Å². The second-order valence-electron chi connectivity index (χ2n) is 3.16. The maximum atomic E-state index is 11.7. The number of hydrogen-bond acceptors (Lipinski definition) is 3. The van der Waals surface area contributed by atoms with Crippen molar-refractivity contribution in [1.29, 1.82) is 0 Å². The van der Waals surface area contributed by atoms with E-state index in [1.54, 1.807) is 13.1 Å². The molecule has 1 aromatic heterocycles. The maximum absolute atomic E-state index is 11.7. The lowest BCUT2D eigenvalue weighted by Gasteiger charge is -2.05. The van der Waals surface area contributed by atoms with Gasteiger partial charge in [0.15, 0.2) is 0 Å². The fourth-order valence-corrected chi connectivity index (χ4v) is 1.81. The topological polar surface area (TPSA) is 54.9 Å². The Kier molecular flexibility index (Phi) is 2.56. The molecule has 0 bridgehead atoms. The first-order chi connectivity index (χ1) is 7.11. The van der Waals surface area contributed by atoms with E-state index in [0.717, 1.165) is 9.15 Å². The molecule has 4 nitrogen and oxygen atoms in total. The van der Waals surface area contributed by atoms with E-state index in [0.29, 0.717) is 17.0 Å². The maximum Gasteiger partial charge on any atom is 0.252 e. The summed E-state index contributed by atoms with van der Waals surface area (Å²) in [6.07, 6.45) is 3.02. The summed E-state index contributed by atoms with van der Waals surface area (Å²) < 4.78 is 0.836. The van der Waals surface area contributed by atoms with Gasteiger partial charge in [0.05, 0.1) is 17.6 Å². The van der Waals surface area contributed by atoms with Crippen LogP contribution >= 0.6 is 22.6 Å². The third kappa shape index (κ3) is 1.67. The highest BCUT2D eigenvalue weighted by Gasteiger charge is 2.21. The molecule has 0 saturated heterocycles. The summed E-state index contributed by atoms with van der Waals surface area (Å²) in [5.41, 5.74) is 2.69. The lowest BCUT2D eigenvalue weighted by Crippen LogP contribution is -2.12. The number of aromatic nitrogens is 2. The summed E-state index contributed by atoms with van der Waals surface area (Å²) in [7, 11) is 0. The minimum atomic E-state index is -0.130. The largest absolute Gasteiger partial charge is 0.319 e. The van der Waals surface area contributed by atoms with Crippen LogP contribution < -0.4 is 5.32 Å². The van der Waals surface area contributed by atoms with Gasteiger partial charge in [-0.25, -0.2) is 9.97 Å². The molecule has 2 heterocycles. The Balaban J connectivity index is 2.65. The van der Waals surface area contributed by atoms with Crippen molar-refractivity contribution in [3.63, 3.8) is 0 Å². The van der Waals surface area contributed by atoms with Gasteiger partial charge in [-0.3, -0.25) is 4.79 Å². The smallest absolute Gasteiger partial charge is 0.252 e. The van der Waals surface area contributed by atoms with Crippen LogP contribution in [0.25, 0.3) is 5.57 Å². The molecule has 1 amide bonds. The van der Waals surface area contributed by atoms with Gasteiger partial charge in [0.25, 0.3) is 5.91 Å². The van der Waals surface area contributed by atoms with Crippen molar-refractivity contribution in [3.05, 3.63) is 33.9 Å². The molecule has 0 spiro atoms. The second kappa shape index (κ2) is 3.73. The number of fused-ring (bicyclic) bond motifs is 1. The lowest BCUT2D eigenvalue weighted by molar-refractivity contribution is -0.112. The van der Waals surface area contributed by atoms with E-state index in [9.17, 15) is 4.79 Å². The van der Waals surface area contributed by atoms with Crippen LogP contribution in [-0.2, 0) is 4.79 Å². The molecule has 0 aromatic carbocycles. The van der Waals surface area contributed by atoms with E-state index < -0.39 is 0 Å². The number of nitrogens with one attached hydrogen (secondary N) is 1. The van der Waals surface area contributed by atoms with Crippen LogP contribution in [-0.4, -0.2) is 15.9 Å². The zero-order valence-electron chi connectivity index (χ0n) is 8.04. The molecule has 0 radical (unpaired) electrons. The van der Waals surface area contributed by atoms with Crippen molar-refractivity contribution >= 4 is 39.8 Å². The van der Waals surface area contributed by atoms with E-state index in [-0.39, 0.29) is 5.91 Å². The summed E-state index contributed by atoms with van der Waals surface area (Å²) in [6, 6.07) is 0. The van der Waals surface area contributed by atoms with Crippen LogP contribution in [0.3, 0.4) is 0 Å². The Morgan fingerprint density at radius 1 is 1.53 bits per heavy atom. The number of anilines is 1. The Morgan fingerprint density at radius 2 is 2.27 bits per heavy atom. The number of hydrogen-bond donors (Lipinski definition) is 1. The highest BCUT2D eigenvalue weighted by molar-refractivity contribution is 14.1. The Bertz CT molecular complexity index is 493. The molecule has 1 aromatic rings. The summed E-state index contributed by atoms with van der Waals surface area (Å²) >= 11 is 2.10. The van der Waals surface area contributed by atoms with Crippen molar-refractivity contribution in [2.45, 2.75) is 6.92 Å². The zero-order chi connectivity index (χ0) is 11.0. The molecule has 15 heavy (non-hydrogen) atoms. The lowest BCUT2D eigenvalue weighted by atomic mass is 10.1. The van der Waals surface area contributed by atoms with Crippen molar-refractivity contribution in [1.82, 2.24) is 9.97 Å². The number of nitrogens with zero attached hydrogens (tertiary/aromatic N) is 2. The van der Waals surface area contributed by atoms with E-state index in [1.165, 1.54) is 6.33 Å². The van der Waals surface area contributed by atoms with Gasteiger partial charge in [-0.05, 0) is 29.5 Å². The molecule has 0 fully saturated rings. The third-order valence-corrected chi connectivity index (χ3v) is 3.64. The molecule has 2 rings (SSSR count). The van der Waals surface area contributed by atoms with Gasteiger partial charge in [-0.2, -0.15) is 0 Å². The molecule has 1 aliphatic heterocycles. The van der Waals surface area contributed by atoms with Crippen LogP contribution in [0.1, 0.15) is 12.6 Å². The Hall–Kier alpha value is -1.24. The summed E-state index contributed by atoms with van der Waals surface area (Å²) in [5, 5.41) is 2.75. The normalized spacial score (nSPS) is 15.9. The molecule has 1 N–H and O–H groups in total. The SMILES string of the molecule is C=C1C(I)=C(C)C(=O)Nc2cncnc21. The summed E-state index contributed by atoms with van der Waals surface area (Å²) in [5.74, 6) is -0.130. The van der Waals surface area contributed by atoms with E-state index in [1.807, 2.05) is 0 Å². The molecular formula is C10H8IN3O. The minimum Gasteiger partial charge on any atom is -0.319 e. The van der Waals surface area contributed by atoms with Crippen LogP contribution in [0.2, 0.25) is 0 Å². The van der Waals surface area contributed by atoms with Gasteiger partial charge in [0.2, 0.25) is 0 Å². The van der Waals surface area contributed by atoms with Gasteiger partial charge in [0, 0.05) is 14.7 Å². The number of amides is 1. The van der Waals surface area contributed by atoms with Crippen molar-refractivity contribution in [2.75, 3.05) is 5.32 Å². The van der Waals surface area contributed by atoms with E-state index in [4.69, 9.17) is 0 Å². The number of carbonyl (C=O) groups is 1. The highest BCUT2D eigenvalue weighted by atomic mass is 127.